The van der Waals surface area contributed by atoms with E-state index in [9.17, 15) is 39.9 Å². The van der Waals surface area contributed by atoms with Crippen molar-refractivity contribution in [2.24, 2.45) is 5.41 Å². The first kappa shape index (κ1) is 39.8. The van der Waals surface area contributed by atoms with E-state index in [0.717, 1.165) is 36.8 Å². The number of halogens is 8. The summed E-state index contributed by atoms with van der Waals surface area (Å²) >= 11 is 0. The van der Waals surface area contributed by atoms with Gasteiger partial charge in [-0.25, -0.2) is 13.6 Å². The van der Waals surface area contributed by atoms with Gasteiger partial charge in [-0.05, 0) is 49.2 Å². The predicted molar refractivity (Wildman–Crippen MR) is 166 cm³/mol. The van der Waals surface area contributed by atoms with Crippen LogP contribution in [-0.4, -0.2) is 65.0 Å². The lowest BCUT2D eigenvalue weighted by molar-refractivity contribution is -0.233. The van der Waals surface area contributed by atoms with Crippen molar-refractivity contribution in [2.45, 2.75) is 44.6 Å². The van der Waals surface area contributed by atoms with Gasteiger partial charge >= 0.3 is 18.3 Å². The second-order valence-electron chi connectivity index (χ2n) is 12.2. The van der Waals surface area contributed by atoms with E-state index in [1.807, 2.05) is 13.8 Å². The van der Waals surface area contributed by atoms with Crippen molar-refractivity contribution in [3.63, 3.8) is 0 Å². The Morgan fingerprint density at radius 1 is 0.679 bits per heavy atom. The first-order valence-corrected chi connectivity index (χ1v) is 16.1. The zero-order valence-electron chi connectivity index (χ0n) is 28.3. The van der Waals surface area contributed by atoms with Crippen LogP contribution < -0.4 is 23.7 Å². The Balaban J connectivity index is 1.24. The molecule has 0 aliphatic carbocycles. The molecule has 2 aliphatic heterocycles. The third-order valence-corrected chi connectivity index (χ3v) is 8.64. The molecular formula is C35H34F8O10. The average molecular weight is 767 g/mol. The first-order chi connectivity index (χ1) is 25.1. The average Bonchev–Trinajstić information content (AvgIpc) is 3.05. The quantitative estimate of drug-likeness (QED) is 0.0443. The number of ether oxygens (including phenoxy) is 9. The lowest BCUT2D eigenvalue weighted by atomic mass is 9.84. The number of rotatable bonds is 17. The van der Waals surface area contributed by atoms with Crippen LogP contribution in [-0.2, 0) is 31.3 Å². The first-order valence-electron chi connectivity index (χ1n) is 16.1. The predicted octanol–water partition coefficient (Wildman–Crippen LogP) is 7.95. The second kappa shape index (κ2) is 16.3. The van der Waals surface area contributed by atoms with Crippen LogP contribution in [0.1, 0.15) is 48.2 Å². The van der Waals surface area contributed by atoms with Gasteiger partial charge in [0.05, 0.1) is 38.6 Å². The normalized spacial score (nSPS) is 16.3. The molecule has 0 bridgehead atoms. The largest absolute Gasteiger partial charge is 0.467 e. The Morgan fingerprint density at radius 2 is 1.25 bits per heavy atom. The third-order valence-electron chi connectivity index (χ3n) is 8.64. The van der Waals surface area contributed by atoms with Gasteiger partial charge < -0.3 is 42.6 Å². The molecule has 3 aromatic rings. The zero-order valence-corrected chi connectivity index (χ0v) is 28.3. The van der Waals surface area contributed by atoms with E-state index < -0.39 is 76.3 Å². The van der Waals surface area contributed by atoms with Gasteiger partial charge in [0.2, 0.25) is 6.79 Å². The molecule has 0 aromatic heterocycles. The number of carbonyl (C=O) groups excluding carboxylic acids is 1. The van der Waals surface area contributed by atoms with E-state index in [2.05, 4.69) is 4.74 Å². The fourth-order valence-corrected chi connectivity index (χ4v) is 5.17. The minimum absolute atomic E-state index is 0.0240. The van der Waals surface area contributed by atoms with Gasteiger partial charge in [-0.15, -0.1) is 0 Å². The van der Waals surface area contributed by atoms with Gasteiger partial charge in [-0.2, -0.15) is 26.3 Å². The highest BCUT2D eigenvalue weighted by molar-refractivity contribution is 5.91. The molecule has 2 heterocycles. The zero-order chi connectivity index (χ0) is 38.4. The van der Waals surface area contributed by atoms with E-state index >= 15 is 0 Å². The van der Waals surface area contributed by atoms with E-state index in [1.54, 1.807) is 0 Å². The van der Waals surface area contributed by atoms with Crippen LogP contribution in [0, 0.1) is 17.0 Å². The summed E-state index contributed by atoms with van der Waals surface area (Å²) in [4.78, 5) is 12.7. The van der Waals surface area contributed by atoms with Gasteiger partial charge in [0.15, 0.2) is 25.2 Å². The van der Waals surface area contributed by atoms with Crippen molar-refractivity contribution in [1.82, 2.24) is 0 Å². The maximum atomic E-state index is 14.8. The monoisotopic (exact) mass is 766 g/mol. The lowest BCUT2D eigenvalue weighted by Gasteiger charge is -2.40. The van der Waals surface area contributed by atoms with Crippen molar-refractivity contribution in [3.8, 4) is 28.7 Å². The van der Waals surface area contributed by atoms with Crippen LogP contribution in [0.15, 0.2) is 48.5 Å². The molecule has 0 amide bonds. The summed E-state index contributed by atoms with van der Waals surface area (Å²) in [6.45, 7) is 4.27. The van der Waals surface area contributed by atoms with E-state index in [0.29, 0.717) is 51.6 Å². The Hall–Kier alpha value is -4.39. The van der Waals surface area contributed by atoms with E-state index in [1.165, 1.54) is 6.07 Å². The molecule has 2 fully saturated rings. The van der Waals surface area contributed by atoms with Crippen molar-refractivity contribution in [3.05, 3.63) is 76.9 Å². The van der Waals surface area contributed by atoms with Crippen LogP contribution in [0.25, 0.3) is 0 Å². The molecule has 0 atom stereocenters. The molecule has 0 unspecified atom stereocenters. The lowest BCUT2D eigenvalue weighted by Crippen LogP contribution is -2.51. The number of hydrogen-bond donors (Lipinski definition) is 0. The third kappa shape index (κ3) is 9.59. The highest BCUT2D eigenvalue weighted by Gasteiger charge is 2.49. The number of alkyl halides is 6. The van der Waals surface area contributed by atoms with Crippen LogP contribution in [0.2, 0.25) is 0 Å². The van der Waals surface area contributed by atoms with Crippen molar-refractivity contribution in [2.75, 3.05) is 53.4 Å². The Kier molecular flexibility index (Phi) is 12.3. The van der Waals surface area contributed by atoms with Gasteiger partial charge in [0, 0.05) is 17.5 Å². The molecule has 290 valence electrons. The van der Waals surface area contributed by atoms with Gasteiger partial charge in [0.25, 0.3) is 0 Å². The molecule has 3 aromatic carbocycles. The van der Waals surface area contributed by atoms with E-state index in [-0.39, 0.29) is 30.5 Å². The molecule has 10 nitrogen and oxygen atoms in total. The Bertz CT molecular complexity index is 1730. The van der Waals surface area contributed by atoms with Gasteiger partial charge in [0.1, 0.15) is 45.5 Å². The highest BCUT2D eigenvalue weighted by atomic mass is 19.4. The topological polar surface area (TPSA) is 100 Å². The molecule has 5 rings (SSSR count). The van der Waals surface area contributed by atoms with Gasteiger partial charge in [-0.1, -0.05) is 13.8 Å². The molecule has 18 heteroatoms. The molecule has 2 saturated heterocycles. The molecule has 0 spiro atoms. The fraction of sp³-hybridized carbons (Fsp3) is 0.457. The summed E-state index contributed by atoms with van der Waals surface area (Å²) in [5.74, 6) is -7.61. The van der Waals surface area contributed by atoms with Crippen LogP contribution >= 0.6 is 0 Å². The Labute approximate surface area is 297 Å². The minimum Gasteiger partial charge on any atom is -0.467 e. The fourth-order valence-electron chi connectivity index (χ4n) is 5.17. The maximum absolute atomic E-state index is 14.8. The second-order valence-corrected chi connectivity index (χ2v) is 12.2. The standard InChI is InChI=1S/C35H34F8O10/c1-3-32(13-45-14-32)15-47-18-48-21-5-7-23(24(36)11-21)31(44)53-28-10-9-27(29(34(38,39)40)30(28)35(41,42)43)51-19-50-26-8-6-22(12-25(26)37)49-20-52-33(4-2)16-46-17-33/h5-12H,3-4,13-20H2,1-2H3. The van der Waals surface area contributed by atoms with Gasteiger partial charge in [-0.3, -0.25) is 0 Å². The van der Waals surface area contributed by atoms with Crippen molar-refractivity contribution < 1.29 is 82.5 Å². The van der Waals surface area contributed by atoms with Crippen molar-refractivity contribution >= 4 is 5.97 Å². The van der Waals surface area contributed by atoms with Crippen LogP contribution in [0.5, 0.6) is 28.7 Å². The Morgan fingerprint density at radius 3 is 1.79 bits per heavy atom. The minimum atomic E-state index is -5.76. The molecule has 53 heavy (non-hydrogen) atoms. The van der Waals surface area contributed by atoms with E-state index in [4.69, 9.17) is 37.9 Å². The number of carbonyl (C=O) groups is 1. The summed E-state index contributed by atoms with van der Waals surface area (Å²) in [7, 11) is 0. The number of esters is 1. The summed E-state index contributed by atoms with van der Waals surface area (Å²) in [5, 5.41) is 0. The maximum Gasteiger partial charge on any atom is 0.420 e. The van der Waals surface area contributed by atoms with Crippen molar-refractivity contribution in [1.29, 1.82) is 0 Å². The highest BCUT2D eigenvalue weighted by Crippen LogP contribution is 2.49. The molecule has 0 N–H and O–H groups in total. The number of benzene rings is 3. The molecule has 0 saturated carbocycles. The SMILES string of the molecule is CCC1(COCOc2ccc(C(=O)Oc3ccc(OCOc4ccc(OCOC5(CC)COC5)cc4F)c(C(F)(F)F)c3C(F)(F)F)c(F)c2)COC1. The van der Waals surface area contributed by atoms with Crippen LogP contribution in [0.4, 0.5) is 35.1 Å². The summed E-state index contributed by atoms with van der Waals surface area (Å²) in [6.07, 6.45) is -10.0. The smallest absolute Gasteiger partial charge is 0.420 e. The molecule has 2 aliphatic rings. The molecular weight excluding hydrogens is 732 g/mol. The molecule has 0 radical (unpaired) electrons. The summed E-state index contributed by atoms with van der Waals surface area (Å²) in [6, 6.07) is 6.70. The van der Waals surface area contributed by atoms with Crippen LogP contribution in [0.3, 0.4) is 0 Å². The summed E-state index contributed by atoms with van der Waals surface area (Å²) in [5.41, 5.74) is -6.34. The summed E-state index contributed by atoms with van der Waals surface area (Å²) < 4.78 is 161. The number of hydrogen-bond acceptors (Lipinski definition) is 10.